The van der Waals surface area contributed by atoms with Crippen LogP contribution in [0.5, 0.6) is 5.75 Å². The Bertz CT molecular complexity index is 883. The van der Waals surface area contributed by atoms with Crippen LogP contribution < -0.4 is 14.8 Å². The van der Waals surface area contributed by atoms with Crippen molar-refractivity contribution >= 4 is 33.2 Å². The summed E-state index contributed by atoms with van der Waals surface area (Å²) in [5.74, 6) is 0.262. The van der Waals surface area contributed by atoms with Crippen LogP contribution in [0.2, 0.25) is 5.02 Å². The molecular formula is C18H21ClN2O4S. The molecule has 2 N–H and O–H groups in total. The van der Waals surface area contributed by atoms with Crippen LogP contribution in [0.3, 0.4) is 0 Å². The van der Waals surface area contributed by atoms with Crippen molar-refractivity contribution in [2.24, 2.45) is 0 Å². The van der Waals surface area contributed by atoms with E-state index in [-0.39, 0.29) is 27.6 Å². The summed E-state index contributed by atoms with van der Waals surface area (Å²) in [7, 11) is -2.27. The van der Waals surface area contributed by atoms with E-state index in [4.69, 9.17) is 16.3 Å². The van der Waals surface area contributed by atoms with E-state index in [1.807, 2.05) is 13.8 Å². The van der Waals surface area contributed by atoms with Crippen molar-refractivity contribution in [2.45, 2.75) is 31.2 Å². The number of carbonyl (C=O) groups excluding carboxylic acids is 1. The topological polar surface area (TPSA) is 84.5 Å². The van der Waals surface area contributed by atoms with E-state index in [2.05, 4.69) is 10.0 Å². The maximum Gasteiger partial charge on any atom is 0.261 e. The SMILES string of the molecule is CC[C@@H](C)NC(=O)c1ccc(NS(=O)(=O)c2ccc(OC)cc2)cc1Cl. The number of benzene rings is 2. The Hall–Kier alpha value is -2.25. The standard InChI is InChI=1S/C18H21ClN2O4S/c1-4-12(2)20-18(22)16-10-5-13(11-17(16)19)21-26(23,24)15-8-6-14(25-3)7-9-15/h5-12,21H,4H2,1-3H3,(H,20,22)/t12-/m1/s1. The molecule has 0 saturated carbocycles. The molecule has 0 aliphatic carbocycles. The Kier molecular flexibility index (Phi) is 6.50. The third kappa shape index (κ3) is 4.89. The van der Waals surface area contributed by atoms with Gasteiger partial charge < -0.3 is 10.1 Å². The van der Waals surface area contributed by atoms with Gasteiger partial charge in [-0.1, -0.05) is 18.5 Å². The van der Waals surface area contributed by atoms with E-state index in [1.54, 1.807) is 12.1 Å². The monoisotopic (exact) mass is 396 g/mol. The maximum atomic E-state index is 12.4. The van der Waals surface area contributed by atoms with Crippen molar-refractivity contribution in [1.29, 1.82) is 0 Å². The molecule has 0 fully saturated rings. The Morgan fingerprint density at radius 1 is 1.19 bits per heavy atom. The summed E-state index contributed by atoms with van der Waals surface area (Å²) in [6.45, 7) is 3.85. The molecule has 0 saturated heterocycles. The molecule has 6 nitrogen and oxygen atoms in total. The van der Waals surface area contributed by atoms with Gasteiger partial charge in [-0.3, -0.25) is 9.52 Å². The van der Waals surface area contributed by atoms with Crippen LogP contribution in [0.1, 0.15) is 30.6 Å². The number of methoxy groups -OCH3 is 1. The van der Waals surface area contributed by atoms with Gasteiger partial charge in [-0.05, 0) is 55.8 Å². The first-order chi connectivity index (χ1) is 12.3. The third-order valence-electron chi connectivity index (χ3n) is 3.83. The number of carbonyl (C=O) groups is 1. The Labute approximate surface area is 158 Å². The molecule has 0 unspecified atom stereocenters. The van der Waals surface area contributed by atoms with Crippen molar-refractivity contribution < 1.29 is 17.9 Å². The van der Waals surface area contributed by atoms with Gasteiger partial charge in [-0.25, -0.2) is 8.42 Å². The number of hydrogen-bond donors (Lipinski definition) is 2. The number of nitrogens with one attached hydrogen (secondary N) is 2. The fourth-order valence-electron chi connectivity index (χ4n) is 2.14. The first-order valence-corrected chi connectivity index (χ1v) is 9.90. The van der Waals surface area contributed by atoms with Gasteiger partial charge in [0.15, 0.2) is 0 Å². The average molecular weight is 397 g/mol. The zero-order chi connectivity index (χ0) is 19.3. The van der Waals surface area contributed by atoms with Gasteiger partial charge in [0.05, 0.1) is 28.3 Å². The molecule has 2 aromatic carbocycles. The Morgan fingerprint density at radius 2 is 1.85 bits per heavy atom. The Balaban J connectivity index is 2.19. The summed E-state index contributed by atoms with van der Waals surface area (Å²) >= 11 is 6.15. The third-order valence-corrected chi connectivity index (χ3v) is 5.54. The molecule has 1 atom stereocenters. The van der Waals surface area contributed by atoms with Gasteiger partial charge in [0, 0.05) is 6.04 Å². The number of sulfonamides is 1. The van der Waals surface area contributed by atoms with Gasteiger partial charge in [-0.2, -0.15) is 0 Å². The zero-order valence-electron chi connectivity index (χ0n) is 14.7. The molecule has 1 amide bonds. The second-order valence-electron chi connectivity index (χ2n) is 5.76. The second kappa shape index (κ2) is 8.42. The summed E-state index contributed by atoms with van der Waals surface area (Å²) in [6.07, 6.45) is 0.795. The van der Waals surface area contributed by atoms with Crippen LogP contribution in [0.25, 0.3) is 0 Å². The molecule has 2 aromatic rings. The minimum Gasteiger partial charge on any atom is -0.497 e. The highest BCUT2D eigenvalue weighted by Gasteiger charge is 2.17. The molecule has 0 bridgehead atoms. The summed E-state index contributed by atoms with van der Waals surface area (Å²) < 4.78 is 32.3. The fraction of sp³-hybridized carbons (Fsp3) is 0.278. The first-order valence-electron chi connectivity index (χ1n) is 8.04. The summed E-state index contributed by atoms with van der Waals surface area (Å²) in [5, 5.41) is 2.98. The van der Waals surface area contributed by atoms with Crippen molar-refractivity contribution in [3.63, 3.8) is 0 Å². The highest BCUT2D eigenvalue weighted by Crippen LogP contribution is 2.24. The van der Waals surface area contributed by atoms with Gasteiger partial charge in [0.25, 0.3) is 15.9 Å². The predicted molar refractivity (Wildman–Crippen MR) is 102 cm³/mol. The van der Waals surface area contributed by atoms with Crippen molar-refractivity contribution in [3.8, 4) is 5.75 Å². The number of amides is 1. The predicted octanol–water partition coefficient (Wildman–Crippen LogP) is 3.68. The largest absolute Gasteiger partial charge is 0.497 e. The lowest BCUT2D eigenvalue weighted by Gasteiger charge is -2.13. The molecule has 0 spiro atoms. The van der Waals surface area contributed by atoms with E-state index >= 15 is 0 Å². The van der Waals surface area contributed by atoms with Crippen LogP contribution in [0.4, 0.5) is 5.69 Å². The lowest BCUT2D eigenvalue weighted by molar-refractivity contribution is 0.0939. The molecular weight excluding hydrogens is 376 g/mol. The smallest absolute Gasteiger partial charge is 0.261 e. The van der Waals surface area contributed by atoms with Crippen molar-refractivity contribution in [2.75, 3.05) is 11.8 Å². The second-order valence-corrected chi connectivity index (χ2v) is 7.85. The molecule has 26 heavy (non-hydrogen) atoms. The van der Waals surface area contributed by atoms with Crippen LogP contribution in [-0.4, -0.2) is 27.5 Å². The maximum absolute atomic E-state index is 12.4. The molecule has 2 rings (SSSR count). The number of ether oxygens (including phenoxy) is 1. The highest BCUT2D eigenvalue weighted by molar-refractivity contribution is 7.92. The minimum atomic E-state index is -3.78. The summed E-state index contributed by atoms with van der Waals surface area (Å²) in [4.78, 5) is 12.3. The average Bonchev–Trinajstić information content (AvgIpc) is 2.61. The number of halogens is 1. The quantitative estimate of drug-likeness (QED) is 0.747. The molecule has 0 aliphatic rings. The first kappa shape index (κ1) is 20.1. The minimum absolute atomic E-state index is 0.0202. The fourth-order valence-corrected chi connectivity index (χ4v) is 3.45. The van der Waals surface area contributed by atoms with Crippen LogP contribution in [0.15, 0.2) is 47.4 Å². The lowest BCUT2D eigenvalue weighted by Crippen LogP contribution is -2.32. The van der Waals surface area contributed by atoms with E-state index in [0.29, 0.717) is 11.3 Å². The number of rotatable bonds is 7. The normalized spacial score (nSPS) is 12.3. The molecule has 0 radical (unpaired) electrons. The van der Waals surface area contributed by atoms with Crippen LogP contribution in [-0.2, 0) is 10.0 Å². The molecule has 0 heterocycles. The van der Waals surface area contributed by atoms with Crippen LogP contribution in [0, 0.1) is 0 Å². The molecule has 0 aromatic heterocycles. The van der Waals surface area contributed by atoms with Gasteiger partial charge >= 0.3 is 0 Å². The van der Waals surface area contributed by atoms with E-state index in [0.717, 1.165) is 6.42 Å². The number of anilines is 1. The molecule has 8 heteroatoms. The Morgan fingerprint density at radius 3 is 2.38 bits per heavy atom. The highest BCUT2D eigenvalue weighted by atomic mass is 35.5. The molecule has 140 valence electrons. The van der Waals surface area contributed by atoms with E-state index < -0.39 is 10.0 Å². The summed E-state index contributed by atoms with van der Waals surface area (Å²) in [6, 6.07) is 10.4. The zero-order valence-corrected chi connectivity index (χ0v) is 16.3. The lowest BCUT2D eigenvalue weighted by atomic mass is 10.1. The van der Waals surface area contributed by atoms with Crippen molar-refractivity contribution in [1.82, 2.24) is 5.32 Å². The van der Waals surface area contributed by atoms with E-state index in [1.165, 1.54) is 37.4 Å². The van der Waals surface area contributed by atoms with Gasteiger partial charge in [-0.15, -0.1) is 0 Å². The van der Waals surface area contributed by atoms with Crippen LogP contribution >= 0.6 is 11.6 Å². The van der Waals surface area contributed by atoms with E-state index in [9.17, 15) is 13.2 Å². The summed E-state index contributed by atoms with van der Waals surface area (Å²) in [5.41, 5.74) is 0.560. The number of hydrogen-bond acceptors (Lipinski definition) is 4. The van der Waals surface area contributed by atoms with Gasteiger partial charge in [0.1, 0.15) is 5.75 Å². The van der Waals surface area contributed by atoms with Gasteiger partial charge in [0.2, 0.25) is 0 Å². The van der Waals surface area contributed by atoms with Crippen molar-refractivity contribution in [3.05, 3.63) is 53.1 Å². The molecule has 0 aliphatic heterocycles.